The molecule has 0 saturated carbocycles. The zero-order valence-electron chi connectivity index (χ0n) is 12.0. The fourth-order valence-corrected chi connectivity index (χ4v) is 3.39. The number of halogens is 3. The van der Waals surface area contributed by atoms with Gasteiger partial charge in [-0.3, -0.25) is 0 Å². The second-order valence-corrected chi connectivity index (χ2v) is 6.23. The van der Waals surface area contributed by atoms with Crippen LogP contribution in [0, 0.1) is 12.7 Å². The Balaban J connectivity index is 2.41. The Bertz CT molecular complexity index is 882. The molecule has 5 heteroatoms. The van der Waals surface area contributed by atoms with E-state index in [1.54, 1.807) is 12.1 Å². The molecular weight excluding hydrogens is 369 g/mol. The number of methoxy groups -OCH3 is 1. The van der Waals surface area contributed by atoms with Gasteiger partial charge in [-0.25, -0.2) is 9.37 Å². The monoisotopic (exact) mass is 379 g/mol. The van der Waals surface area contributed by atoms with Crippen molar-refractivity contribution in [1.29, 1.82) is 0 Å². The van der Waals surface area contributed by atoms with Crippen LogP contribution in [0.2, 0.25) is 5.02 Å². The maximum Gasteiger partial charge on any atom is 0.223 e. The van der Waals surface area contributed by atoms with Crippen LogP contribution >= 0.6 is 27.5 Å². The van der Waals surface area contributed by atoms with Gasteiger partial charge in [0.1, 0.15) is 5.82 Å². The molecule has 0 atom stereocenters. The first-order chi connectivity index (χ1) is 10.5. The lowest BCUT2D eigenvalue weighted by molar-refractivity contribution is 0.401. The Morgan fingerprint density at radius 2 is 2.00 bits per heavy atom. The van der Waals surface area contributed by atoms with Gasteiger partial charge in [-0.05, 0) is 42.3 Å². The Morgan fingerprint density at radius 1 is 1.23 bits per heavy atom. The molecule has 0 fully saturated rings. The van der Waals surface area contributed by atoms with Gasteiger partial charge in [0.2, 0.25) is 5.88 Å². The van der Waals surface area contributed by atoms with E-state index in [-0.39, 0.29) is 5.82 Å². The smallest absolute Gasteiger partial charge is 0.223 e. The van der Waals surface area contributed by atoms with Crippen LogP contribution in [-0.2, 0) is 0 Å². The number of benzene rings is 2. The minimum Gasteiger partial charge on any atom is -0.480 e. The van der Waals surface area contributed by atoms with Gasteiger partial charge in [-0.2, -0.15) is 0 Å². The van der Waals surface area contributed by atoms with Gasteiger partial charge in [0.05, 0.1) is 23.2 Å². The topological polar surface area (TPSA) is 22.1 Å². The molecule has 0 aliphatic rings. The van der Waals surface area contributed by atoms with E-state index in [0.717, 1.165) is 20.9 Å². The molecule has 0 aliphatic heterocycles. The first-order valence-electron chi connectivity index (χ1n) is 6.60. The first kappa shape index (κ1) is 15.3. The van der Waals surface area contributed by atoms with E-state index < -0.39 is 0 Å². The summed E-state index contributed by atoms with van der Waals surface area (Å²) in [7, 11) is 1.53. The number of hydrogen-bond acceptors (Lipinski definition) is 2. The van der Waals surface area contributed by atoms with Crippen molar-refractivity contribution >= 4 is 38.4 Å². The molecule has 0 saturated heterocycles. The largest absolute Gasteiger partial charge is 0.480 e. The van der Waals surface area contributed by atoms with Crippen molar-refractivity contribution in [3.63, 3.8) is 0 Å². The van der Waals surface area contributed by atoms with Gasteiger partial charge in [-0.1, -0.05) is 39.7 Å². The minimum absolute atomic E-state index is 0.332. The summed E-state index contributed by atoms with van der Waals surface area (Å²) in [6, 6.07) is 10.1. The highest BCUT2D eigenvalue weighted by molar-refractivity contribution is 9.10. The molecular formula is C17H12BrClFNO. The maximum atomic E-state index is 13.6. The van der Waals surface area contributed by atoms with Crippen LogP contribution in [0.25, 0.3) is 22.0 Å². The Hall–Kier alpha value is -1.65. The average molecular weight is 381 g/mol. The van der Waals surface area contributed by atoms with Gasteiger partial charge in [-0.15, -0.1) is 0 Å². The lowest BCUT2D eigenvalue weighted by Crippen LogP contribution is -1.96. The van der Waals surface area contributed by atoms with Crippen molar-refractivity contribution in [2.75, 3.05) is 7.11 Å². The maximum absolute atomic E-state index is 13.6. The van der Waals surface area contributed by atoms with Crippen LogP contribution < -0.4 is 4.74 Å². The highest BCUT2D eigenvalue weighted by Gasteiger charge is 2.18. The van der Waals surface area contributed by atoms with E-state index in [9.17, 15) is 4.39 Å². The van der Waals surface area contributed by atoms with Crippen LogP contribution in [-0.4, -0.2) is 12.1 Å². The molecule has 1 heterocycles. The van der Waals surface area contributed by atoms with Crippen LogP contribution in [0.15, 0.2) is 40.9 Å². The molecule has 0 unspecified atom stereocenters. The molecule has 0 spiro atoms. The predicted molar refractivity (Wildman–Crippen MR) is 91.1 cm³/mol. The Labute approximate surface area is 141 Å². The van der Waals surface area contributed by atoms with E-state index in [1.165, 1.54) is 19.2 Å². The first-order valence-corrected chi connectivity index (χ1v) is 7.77. The summed E-state index contributed by atoms with van der Waals surface area (Å²) in [5.74, 6) is 0.0506. The molecule has 2 aromatic carbocycles. The Kier molecular flexibility index (Phi) is 4.06. The van der Waals surface area contributed by atoms with Gasteiger partial charge < -0.3 is 4.74 Å². The van der Waals surface area contributed by atoms with E-state index >= 15 is 0 Å². The van der Waals surface area contributed by atoms with E-state index in [2.05, 4.69) is 20.9 Å². The number of fused-ring (bicyclic) bond motifs is 1. The normalized spacial score (nSPS) is 11.0. The third-order valence-corrected chi connectivity index (χ3v) is 4.31. The summed E-state index contributed by atoms with van der Waals surface area (Å²) in [4.78, 5) is 4.55. The summed E-state index contributed by atoms with van der Waals surface area (Å²) in [6.07, 6.45) is 0. The molecule has 0 N–H and O–H groups in total. The van der Waals surface area contributed by atoms with Crippen LogP contribution in [0.3, 0.4) is 0 Å². The summed E-state index contributed by atoms with van der Waals surface area (Å²) < 4.78 is 19.8. The standard InChI is InChI=1S/C17H12BrClFNO/c1-9-6-11(18)8-13-15(19)14(17(22-2)21-16(9)13)10-4-3-5-12(20)7-10/h3-8H,1-2H3. The lowest BCUT2D eigenvalue weighted by atomic mass is 10.0. The molecule has 1 aromatic heterocycles. The van der Waals surface area contributed by atoms with Crippen molar-refractivity contribution in [2.24, 2.45) is 0 Å². The molecule has 22 heavy (non-hydrogen) atoms. The molecule has 2 nitrogen and oxygen atoms in total. The molecule has 0 aliphatic carbocycles. The second kappa shape index (κ2) is 5.86. The molecule has 3 aromatic rings. The summed E-state index contributed by atoms with van der Waals surface area (Å²) in [5.41, 5.74) is 2.98. The second-order valence-electron chi connectivity index (χ2n) is 4.94. The van der Waals surface area contributed by atoms with Crippen molar-refractivity contribution in [1.82, 2.24) is 4.98 Å². The third-order valence-electron chi connectivity index (χ3n) is 3.46. The molecule has 0 amide bonds. The molecule has 3 rings (SSSR count). The number of pyridine rings is 1. The van der Waals surface area contributed by atoms with Crippen molar-refractivity contribution in [3.8, 4) is 17.0 Å². The van der Waals surface area contributed by atoms with E-state index in [4.69, 9.17) is 16.3 Å². The zero-order chi connectivity index (χ0) is 15.9. The summed E-state index contributed by atoms with van der Waals surface area (Å²) in [6.45, 7) is 1.96. The molecule has 112 valence electrons. The fourth-order valence-electron chi connectivity index (χ4n) is 2.48. The number of aromatic nitrogens is 1. The summed E-state index contributed by atoms with van der Waals surface area (Å²) >= 11 is 10.1. The van der Waals surface area contributed by atoms with Crippen molar-refractivity contribution in [3.05, 3.63) is 57.3 Å². The van der Waals surface area contributed by atoms with Crippen LogP contribution in [0.1, 0.15) is 5.56 Å². The highest BCUT2D eigenvalue weighted by atomic mass is 79.9. The lowest BCUT2D eigenvalue weighted by Gasteiger charge is -2.14. The summed E-state index contributed by atoms with van der Waals surface area (Å²) in [5, 5.41) is 1.30. The SMILES string of the molecule is COc1nc2c(C)cc(Br)cc2c(Cl)c1-c1cccc(F)c1. The third kappa shape index (κ3) is 2.57. The molecule has 0 bridgehead atoms. The van der Waals surface area contributed by atoms with Crippen LogP contribution in [0.4, 0.5) is 4.39 Å². The number of ether oxygens (including phenoxy) is 1. The van der Waals surface area contributed by atoms with E-state index in [1.807, 2.05) is 19.1 Å². The number of hydrogen-bond donors (Lipinski definition) is 0. The quantitative estimate of drug-likeness (QED) is 0.563. The van der Waals surface area contributed by atoms with Gasteiger partial charge >= 0.3 is 0 Å². The number of aryl methyl sites for hydroxylation is 1. The highest BCUT2D eigenvalue weighted by Crippen LogP contribution is 2.41. The fraction of sp³-hybridized carbons (Fsp3) is 0.118. The molecule has 0 radical (unpaired) electrons. The number of rotatable bonds is 2. The van der Waals surface area contributed by atoms with Crippen LogP contribution in [0.5, 0.6) is 5.88 Å². The van der Waals surface area contributed by atoms with Gasteiger partial charge in [0.25, 0.3) is 0 Å². The van der Waals surface area contributed by atoms with Gasteiger partial charge in [0, 0.05) is 9.86 Å². The number of nitrogens with zero attached hydrogens (tertiary/aromatic N) is 1. The van der Waals surface area contributed by atoms with Crippen molar-refractivity contribution in [2.45, 2.75) is 6.92 Å². The Morgan fingerprint density at radius 3 is 2.68 bits per heavy atom. The van der Waals surface area contributed by atoms with E-state index in [0.29, 0.717) is 22.0 Å². The zero-order valence-corrected chi connectivity index (χ0v) is 14.3. The predicted octanol–water partition coefficient (Wildman–Crippen LogP) is 5.77. The minimum atomic E-state index is -0.332. The van der Waals surface area contributed by atoms with Gasteiger partial charge in [0.15, 0.2) is 0 Å². The van der Waals surface area contributed by atoms with Crippen molar-refractivity contribution < 1.29 is 9.13 Å². The average Bonchev–Trinajstić information content (AvgIpc) is 2.47.